The number of nitrogens with zero attached hydrogens (tertiary/aromatic N) is 3. The van der Waals surface area contributed by atoms with Crippen LogP contribution < -0.4 is 0 Å². The van der Waals surface area contributed by atoms with Crippen LogP contribution in [0.25, 0.3) is 10.1 Å². The Morgan fingerprint density at radius 1 is 1.15 bits per heavy atom. The lowest BCUT2D eigenvalue weighted by atomic mass is 10.1. The highest BCUT2D eigenvalue weighted by Crippen LogP contribution is 2.33. The molecule has 208 valence electrons. The molecule has 1 aromatic heterocycles. The van der Waals surface area contributed by atoms with Crippen molar-refractivity contribution < 1.29 is 27.9 Å². The third-order valence-corrected chi connectivity index (χ3v) is 10.2. The van der Waals surface area contributed by atoms with Crippen LogP contribution in [0.2, 0.25) is 5.02 Å². The quantitative estimate of drug-likeness (QED) is 0.287. The number of hydrogen-bond acceptors (Lipinski definition) is 7. The summed E-state index contributed by atoms with van der Waals surface area (Å²) in [6.45, 7) is 0.952. The van der Waals surface area contributed by atoms with Crippen molar-refractivity contribution in [2.45, 2.75) is 16.7 Å². The fourth-order valence-corrected chi connectivity index (χ4v) is 7.72. The minimum atomic E-state index is -3.91. The van der Waals surface area contributed by atoms with Crippen LogP contribution in [0.4, 0.5) is 0 Å². The van der Waals surface area contributed by atoms with E-state index in [-0.39, 0.29) is 35.6 Å². The number of piperazine rings is 1. The Labute approximate surface area is 235 Å². The molecule has 4 rings (SSSR count). The molecule has 0 saturated carbocycles. The molecule has 1 atom stereocenters. The van der Waals surface area contributed by atoms with Gasteiger partial charge in [-0.2, -0.15) is 4.31 Å². The van der Waals surface area contributed by atoms with Gasteiger partial charge in [0.25, 0.3) is 15.9 Å². The summed E-state index contributed by atoms with van der Waals surface area (Å²) in [5, 5.41) is 19.1. The van der Waals surface area contributed by atoms with Crippen molar-refractivity contribution in [3.63, 3.8) is 0 Å². The van der Waals surface area contributed by atoms with Gasteiger partial charge in [0.1, 0.15) is 10.0 Å². The van der Waals surface area contributed by atoms with E-state index in [0.717, 1.165) is 21.4 Å². The number of rotatable bonds is 9. The predicted molar refractivity (Wildman–Crippen MR) is 150 cm³/mol. The first-order valence-electron chi connectivity index (χ1n) is 12.1. The van der Waals surface area contributed by atoms with Crippen molar-refractivity contribution in [3.05, 3.63) is 64.7 Å². The third-order valence-electron chi connectivity index (χ3n) is 6.59. The van der Waals surface area contributed by atoms with E-state index in [1.165, 1.54) is 9.21 Å². The van der Waals surface area contributed by atoms with Gasteiger partial charge in [0, 0.05) is 61.2 Å². The summed E-state index contributed by atoms with van der Waals surface area (Å²) in [6.07, 6.45) is -0.396. The fourth-order valence-electron chi connectivity index (χ4n) is 4.42. The molecule has 2 heterocycles. The van der Waals surface area contributed by atoms with Crippen molar-refractivity contribution in [2.24, 2.45) is 0 Å². The fraction of sp³-hybridized carbons (Fsp3) is 0.346. The molecule has 0 spiro atoms. The number of sulfonamides is 1. The van der Waals surface area contributed by atoms with Crippen molar-refractivity contribution >= 4 is 60.8 Å². The summed E-state index contributed by atoms with van der Waals surface area (Å²) >= 11 is 7.15. The number of nitrogens with one attached hydrogen (secondary N) is 1. The van der Waals surface area contributed by atoms with Crippen LogP contribution in [-0.4, -0.2) is 98.3 Å². The van der Waals surface area contributed by atoms with E-state index in [2.05, 4.69) is 0 Å². The van der Waals surface area contributed by atoms with Crippen LogP contribution in [0.3, 0.4) is 0 Å². The lowest BCUT2D eigenvalue weighted by Gasteiger charge is -2.40. The molecule has 0 radical (unpaired) electrons. The Morgan fingerprint density at radius 3 is 2.51 bits per heavy atom. The normalized spacial score (nSPS) is 16.4. The highest BCUT2D eigenvalue weighted by molar-refractivity contribution is 7.91. The van der Waals surface area contributed by atoms with Gasteiger partial charge in [-0.15, -0.1) is 11.3 Å². The number of halogens is 1. The molecule has 1 unspecified atom stereocenters. The van der Waals surface area contributed by atoms with Crippen molar-refractivity contribution in [1.82, 2.24) is 14.1 Å². The number of amides is 1. The van der Waals surface area contributed by atoms with Crippen molar-refractivity contribution in [2.75, 3.05) is 46.9 Å². The maximum atomic E-state index is 13.5. The Kier molecular flexibility index (Phi) is 8.92. The lowest BCUT2D eigenvalue weighted by molar-refractivity contribution is -0.138. The average Bonchev–Trinajstić information content (AvgIpc) is 3.35. The molecule has 0 bridgehead atoms. The number of likely N-dealkylation sites (N-methyl/N-ethyl adjacent to an activating group) is 1. The number of amidine groups is 1. The highest BCUT2D eigenvalue weighted by Gasteiger charge is 2.38. The van der Waals surface area contributed by atoms with E-state index in [1.54, 1.807) is 67.6 Å². The zero-order chi connectivity index (χ0) is 28.3. The molecule has 2 aromatic carbocycles. The van der Waals surface area contributed by atoms with Crippen molar-refractivity contribution in [3.8, 4) is 0 Å². The number of methoxy groups -OCH3 is 1. The number of thiophene rings is 1. The number of benzene rings is 2. The molecule has 1 aliphatic heterocycles. The maximum absolute atomic E-state index is 13.5. The van der Waals surface area contributed by atoms with Gasteiger partial charge in [0.2, 0.25) is 0 Å². The van der Waals surface area contributed by atoms with Crippen LogP contribution in [-0.2, 0) is 19.6 Å². The Bertz CT molecular complexity index is 1490. The number of carbonyl (C=O) groups excluding carboxylic acids is 1. The highest BCUT2D eigenvalue weighted by atomic mass is 35.5. The SMILES string of the molecule is COCCN(C)C(=N)c1ccc(C(=O)N2CCN(S(=O)(=O)c3cc4ccc(Cl)cc4s3)CC2CC(=O)O)cc1. The molecule has 3 aromatic rings. The molecule has 13 heteroatoms. The minimum absolute atomic E-state index is 0.0339. The second-order valence-corrected chi connectivity index (χ2v) is 12.9. The molecular formula is C26H29ClN4O6S2. The molecular weight excluding hydrogens is 564 g/mol. The summed E-state index contributed by atoms with van der Waals surface area (Å²) in [7, 11) is -0.544. The van der Waals surface area contributed by atoms with Gasteiger partial charge in [-0.1, -0.05) is 29.8 Å². The van der Waals surface area contributed by atoms with Crippen LogP contribution in [0.1, 0.15) is 22.3 Å². The van der Waals surface area contributed by atoms with E-state index in [9.17, 15) is 23.1 Å². The lowest BCUT2D eigenvalue weighted by Crippen LogP contribution is -2.57. The van der Waals surface area contributed by atoms with Gasteiger partial charge in [-0.3, -0.25) is 15.0 Å². The van der Waals surface area contributed by atoms with Gasteiger partial charge in [0.05, 0.1) is 19.1 Å². The second kappa shape index (κ2) is 12.0. The number of hydrogen-bond donors (Lipinski definition) is 2. The van der Waals surface area contributed by atoms with Crippen molar-refractivity contribution in [1.29, 1.82) is 5.41 Å². The monoisotopic (exact) mass is 592 g/mol. The largest absolute Gasteiger partial charge is 0.481 e. The Hall–Kier alpha value is -3.03. The summed E-state index contributed by atoms with van der Waals surface area (Å²) < 4.78 is 34.1. The topological polar surface area (TPSA) is 131 Å². The van der Waals surface area contributed by atoms with E-state index in [1.807, 2.05) is 0 Å². The van der Waals surface area contributed by atoms with Gasteiger partial charge in [-0.25, -0.2) is 8.42 Å². The molecule has 1 saturated heterocycles. The first kappa shape index (κ1) is 29.0. The van der Waals surface area contributed by atoms with E-state index in [0.29, 0.717) is 29.3 Å². The Balaban J connectivity index is 1.52. The number of ether oxygens (including phenoxy) is 1. The third kappa shape index (κ3) is 6.42. The Morgan fingerprint density at radius 2 is 1.85 bits per heavy atom. The first-order valence-corrected chi connectivity index (χ1v) is 14.8. The summed E-state index contributed by atoms with van der Waals surface area (Å²) in [4.78, 5) is 28.2. The van der Waals surface area contributed by atoms with Crippen LogP contribution in [0, 0.1) is 5.41 Å². The number of aliphatic carboxylic acids is 1. The van der Waals surface area contributed by atoms with Crippen LogP contribution >= 0.6 is 22.9 Å². The number of fused-ring (bicyclic) bond motifs is 1. The minimum Gasteiger partial charge on any atom is -0.481 e. The molecule has 39 heavy (non-hydrogen) atoms. The van der Waals surface area contributed by atoms with Gasteiger partial charge < -0.3 is 19.6 Å². The van der Waals surface area contributed by atoms with E-state index < -0.39 is 28.5 Å². The first-order chi connectivity index (χ1) is 18.5. The maximum Gasteiger partial charge on any atom is 0.305 e. The zero-order valence-corrected chi connectivity index (χ0v) is 23.9. The average molecular weight is 593 g/mol. The van der Waals surface area contributed by atoms with Crippen LogP contribution in [0.15, 0.2) is 52.7 Å². The number of carboxylic acids is 1. The molecule has 1 amide bonds. The summed E-state index contributed by atoms with van der Waals surface area (Å²) in [5.41, 5.74) is 0.951. The molecule has 0 aliphatic carbocycles. The standard InChI is InChI=1S/C26H29ClN4O6S2/c1-29(11-12-37-2)25(28)17-3-5-18(6-4-17)26(34)31-10-9-30(16-21(31)15-23(32)33)39(35,36)24-13-19-7-8-20(27)14-22(19)38-24/h3-8,13-14,21,28H,9-12,15-16H2,1-2H3,(H,32,33). The van der Waals surface area contributed by atoms with E-state index in [4.69, 9.17) is 21.7 Å². The molecule has 2 N–H and O–H groups in total. The molecule has 1 aliphatic rings. The summed E-state index contributed by atoms with van der Waals surface area (Å²) in [6, 6.07) is 12.4. The second-order valence-electron chi connectivity index (χ2n) is 9.20. The molecule has 10 nitrogen and oxygen atoms in total. The zero-order valence-electron chi connectivity index (χ0n) is 21.5. The smallest absolute Gasteiger partial charge is 0.305 e. The van der Waals surface area contributed by atoms with Gasteiger partial charge in [0.15, 0.2) is 0 Å². The number of carbonyl (C=O) groups is 2. The predicted octanol–water partition coefficient (Wildman–Crippen LogP) is 3.45. The summed E-state index contributed by atoms with van der Waals surface area (Å²) in [5.74, 6) is -1.24. The van der Waals surface area contributed by atoms with E-state index >= 15 is 0 Å². The number of carboxylic acid groups (broad SMARTS) is 1. The van der Waals surface area contributed by atoms with Crippen LogP contribution in [0.5, 0.6) is 0 Å². The van der Waals surface area contributed by atoms with Gasteiger partial charge in [-0.05, 0) is 35.7 Å². The molecule has 1 fully saturated rings. The van der Waals surface area contributed by atoms with Gasteiger partial charge >= 0.3 is 5.97 Å².